The van der Waals surface area contributed by atoms with E-state index >= 15 is 0 Å². The third-order valence-corrected chi connectivity index (χ3v) is 6.48. The summed E-state index contributed by atoms with van der Waals surface area (Å²) in [6, 6.07) is 9.58. The quantitative estimate of drug-likeness (QED) is 0.638. The van der Waals surface area contributed by atoms with Gasteiger partial charge in [-0.2, -0.15) is 5.10 Å². The third-order valence-electron chi connectivity index (χ3n) is 6.48. The van der Waals surface area contributed by atoms with Crippen LogP contribution in [0.15, 0.2) is 60.6 Å². The Balaban J connectivity index is 1.46. The number of nitrogens with one attached hydrogen (secondary N) is 1. The zero-order valence-corrected chi connectivity index (χ0v) is 19.0. The van der Waals surface area contributed by atoms with E-state index in [1.54, 1.807) is 6.07 Å². The molecular formula is C25H29N7O. The van der Waals surface area contributed by atoms with Crippen LogP contribution in [0.5, 0.6) is 0 Å². The summed E-state index contributed by atoms with van der Waals surface area (Å²) in [7, 11) is 1.91. The number of fused-ring (bicyclic) bond motifs is 1. The van der Waals surface area contributed by atoms with E-state index in [0.717, 1.165) is 53.9 Å². The van der Waals surface area contributed by atoms with Gasteiger partial charge in [-0.3, -0.25) is 9.48 Å². The maximum atomic E-state index is 13.3. The van der Waals surface area contributed by atoms with Crippen LogP contribution >= 0.6 is 0 Å². The lowest BCUT2D eigenvalue weighted by Crippen LogP contribution is -2.35. The molecule has 8 nitrogen and oxygen atoms in total. The van der Waals surface area contributed by atoms with Crippen molar-refractivity contribution in [1.82, 2.24) is 14.8 Å². The number of rotatable bonds is 4. The van der Waals surface area contributed by atoms with Crippen molar-refractivity contribution in [1.29, 1.82) is 0 Å². The molecule has 1 saturated heterocycles. The molecule has 2 aliphatic rings. The Hall–Kier alpha value is -3.81. The lowest BCUT2D eigenvalue weighted by molar-refractivity contribution is 0.102. The highest BCUT2D eigenvalue weighted by Crippen LogP contribution is 2.33. The minimum absolute atomic E-state index is 0.0289. The number of amides is 1. The first-order chi connectivity index (χ1) is 16.0. The van der Waals surface area contributed by atoms with Crippen molar-refractivity contribution >= 4 is 34.0 Å². The van der Waals surface area contributed by atoms with Gasteiger partial charge in [0.15, 0.2) is 0 Å². The molecule has 1 fully saturated rings. The SMILES string of the molecule is C[C@H]1C(N)=CC=CN1c1cccc(C(=O)Nc2cc3c(cnn3C)cc2N2CCCCC2)n1. The van der Waals surface area contributed by atoms with Crippen LogP contribution in [0.1, 0.15) is 36.7 Å². The number of aromatic nitrogens is 3. The zero-order valence-electron chi connectivity index (χ0n) is 19.0. The third kappa shape index (κ3) is 4.04. The molecule has 0 saturated carbocycles. The summed E-state index contributed by atoms with van der Waals surface area (Å²) in [5.74, 6) is 0.439. The van der Waals surface area contributed by atoms with E-state index in [-0.39, 0.29) is 11.9 Å². The number of nitrogens with two attached hydrogens (primary N) is 1. The van der Waals surface area contributed by atoms with Gasteiger partial charge in [-0.05, 0) is 62.6 Å². The van der Waals surface area contributed by atoms with Crippen molar-refractivity contribution < 1.29 is 4.79 Å². The largest absolute Gasteiger partial charge is 0.400 e. The Morgan fingerprint density at radius 2 is 2.00 bits per heavy atom. The predicted molar refractivity (Wildman–Crippen MR) is 132 cm³/mol. The first kappa shape index (κ1) is 21.1. The lowest BCUT2D eigenvalue weighted by atomic mass is 10.1. The summed E-state index contributed by atoms with van der Waals surface area (Å²) in [6.45, 7) is 3.98. The number of benzene rings is 1. The van der Waals surface area contributed by atoms with Crippen LogP contribution in [0, 0.1) is 0 Å². The Kier molecular flexibility index (Phi) is 5.50. The first-order valence-electron chi connectivity index (χ1n) is 11.4. The van der Waals surface area contributed by atoms with Gasteiger partial charge in [-0.15, -0.1) is 0 Å². The second kappa shape index (κ2) is 8.61. The minimum Gasteiger partial charge on any atom is -0.400 e. The van der Waals surface area contributed by atoms with E-state index in [1.165, 1.54) is 6.42 Å². The molecule has 4 heterocycles. The number of nitrogens with zero attached hydrogens (tertiary/aromatic N) is 5. The summed E-state index contributed by atoms with van der Waals surface area (Å²) in [5, 5.41) is 8.57. The molecule has 170 valence electrons. The maximum absolute atomic E-state index is 13.3. The molecule has 1 amide bonds. The van der Waals surface area contributed by atoms with Gasteiger partial charge < -0.3 is 20.9 Å². The fourth-order valence-corrected chi connectivity index (χ4v) is 4.51. The highest BCUT2D eigenvalue weighted by atomic mass is 16.1. The topological polar surface area (TPSA) is 92.3 Å². The Bertz CT molecular complexity index is 1250. The molecule has 0 aliphatic carbocycles. The molecule has 2 aromatic heterocycles. The maximum Gasteiger partial charge on any atom is 0.274 e. The highest BCUT2D eigenvalue weighted by molar-refractivity contribution is 6.06. The molecule has 3 aromatic rings. The van der Waals surface area contributed by atoms with Crippen LogP contribution in [0.25, 0.3) is 10.9 Å². The van der Waals surface area contributed by atoms with E-state index in [2.05, 4.69) is 26.4 Å². The van der Waals surface area contributed by atoms with Crippen LogP contribution in [-0.4, -0.2) is 39.8 Å². The summed E-state index contributed by atoms with van der Waals surface area (Å²) in [5.41, 5.74) is 9.99. The zero-order chi connectivity index (χ0) is 22.9. The fraction of sp³-hybridized carbons (Fsp3) is 0.320. The normalized spacial score (nSPS) is 18.5. The summed E-state index contributed by atoms with van der Waals surface area (Å²) in [4.78, 5) is 22.3. The second-order valence-corrected chi connectivity index (χ2v) is 8.67. The van der Waals surface area contributed by atoms with E-state index in [4.69, 9.17) is 5.73 Å². The second-order valence-electron chi connectivity index (χ2n) is 8.67. The number of carbonyl (C=O) groups is 1. The van der Waals surface area contributed by atoms with E-state index in [9.17, 15) is 4.79 Å². The van der Waals surface area contributed by atoms with Crippen LogP contribution in [-0.2, 0) is 7.05 Å². The number of anilines is 3. The van der Waals surface area contributed by atoms with Gasteiger partial charge in [0.05, 0.1) is 29.1 Å². The Morgan fingerprint density at radius 1 is 1.18 bits per heavy atom. The van der Waals surface area contributed by atoms with Crippen molar-refractivity contribution in [3.8, 4) is 0 Å². The Morgan fingerprint density at radius 3 is 2.82 bits per heavy atom. The van der Waals surface area contributed by atoms with Crippen molar-refractivity contribution in [2.24, 2.45) is 12.8 Å². The number of piperidine rings is 1. The number of aryl methyl sites for hydroxylation is 1. The molecule has 8 heteroatoms. The number of hydrogen-bond donors (Lipinski definition) is 2. The van der Waals surface area contributed by atoms with Gasteiger partial charge in [0.25, 0.3) is 5.91 Å². The lowest BCUT2D eigenvalue weighted by Gasteiger charge is -2.31. The fourth-order valence-electron chi connectivity index (χ4n) is 4.51. The van der Waals surface area contributed by atoms with Crippen molar-refractivity contribution in [3.05, 3.63) is 66.3 Å². The summed E-state index contributed by atoms with van der Waals surface area (Å²) >= 11 is 0. The minimum atomic E-state index is -0.242. The predicted octanol–water partition coefficient (Wildman–Crippen LogP) is 3.78. The van der Waals surface area contributed by atoms with Gasteiger partial charge in [0.2, 0.25) is 0 Å². The van der Waals surface area contributed by atoms with Crippen LogP contribution < -0.4 is 20.9 Å². The van der Waals surface area contributed by atoms with Gasteiger partial charge >= 0.3 is 0 Å². The summed E-state index contributed by atoms with van der Waals surface area (Å²) in [6.07, 6.45) is 11.1. The molecule has 33 heavy (non-hydrogen) atoms. The number of allylic oxidation sites excluding steroid dienone is 2. The van der Waals surface area contributed by atoms with Crippen LogP contribution in [0.3, 0.4) is 0 Å². The molecule has 5 rings (SSSR count). The van der Waals surface area contributed by atoms with Gasteiger partial charge in [-0.25, -0.2) is 4.98 Å². The molecule has 0 spiro atoms. The average Bonchev–Trinajstić information content (AvgIpc) is 3.20. The summed E-state index contributed by atoms with van der Waals surface area (Å²) < 4.78 is 1.83. The smallest absolute Gasteiger partial charge is 0.274 e. The van der Waals surface area contributed by atoms with Crippen molar-refractivity contribution in [2.45, 2.75) is 32.2 Å². The molecule has 1 atom stereocenters. The van der Waals surface area contributed by atoms with E-state index in [1.807, 2.05) is 66.3 Å². The molecule has 2 aliphatic heterocycles. The number of hydrogen-bond acceptors (Lipinski definition) is 6. The standard InChI is InChI=1S/C25H29N7O/c1-17-19(26)8-7-13-32(17)24-10-6-9-20(28-24)25(33)29-21-15-22-18(16-27-30(22)2)14-23(21)31-11-4-3-5-12-31/h6-10,13-17H,3-5,11-12,26H2,1-2H3,(H,29,33)/t17-/m0/s1. The molecule has 1 aromatic carbocycles. The molecular weight excluding hydrogens is 414 g/mol. The van der Waals surface area contributed by atoms with Gasteiger partial charge in [0.1, 0.15) is 11.5 Å². The van der Waals surface area contributed by atoms with Gasteiger partial charge in [-0.1, -0.05) is 6.07 Å². The Labute approximate surface area is 193 Å². The first-order valence-corrected chi connectivity index (χ1v) is 11.4. The van der Waals surface area contributed by atoms with Crippen molar-refractivity contribution in [3.63, 3.8) is 0 Å². The van der Waals surface area contributed by atoms with Crippen LogP contribution in [0.4, 0.5) is 17.2 Å². The van der Waals surface area contributed by atoms with Crippen molar-refractivity contribution in [2.75, 3.05) is 28.2 Å². The van der Waals surface area contributed by atoms with E-state index < -0.39 is 0 Å². The monoisotopic (exact) mass is 443 g/mol. The van der Waals surface area contributed by atoms with E-state index in [0.29, 0.717) is 11.5 Å². The molecule has 0 unspecified atom stereocenters. The molecule has 0 radical (unpaired) electrons. The number of carbonyl (C=O) groups excluding carboxylic acids is 1. The highest BCUT2D eigenvalue weighted by Gasteiger charge is 2.21. The van der Waals surface area contributed by atoms with Gasteiger partial charge in [0, 0.05) is 37.4 Å². The van der Waals surface area contributed by atoms with Crippen LogP contribution in [0.2, 0.25) is 0 Å². The number of pyridine rings is 1. The average molecular weight is 444 g/mol. The molecule has 0 bridgehead atoms. The molecule has 3 N–H and O–H groups in total.